The number of ether oxygens (including phenoxy) is 1. The number of carbonyl (C=O) groups excluding carboxylic acids is 2. The maximum absolute atomic E-state index is 13.1. The quantitative estimate of drug-likeness (QED) is 0.181. The zero-order valence-electron chi connectivity index (χ0n) is 23.0. The maximum Gasteiger partial charge on any atom is 0.285 e. The number of nitrogens with zero attached hydrogens (tertiary/aromatic N) is 2. The number of hydrogen-bond acceptors (Lipinski definition) is 5. The molecule has 0 N–H and O–H groups in total. The summed E-state index contributed by atoms with van der Waals surface area (Å²) in [4.78, 5) is 37.2. The van der Waals surface area contributed by atoms with Crippen LogP contribution in [0.2, 0.25) is 0 Å². The van der Waals surface area contributed by atoms with Crippen molar-refractivity contribution in [1.29, 1.82) is 0 Å². The van der Waals surface area contributed by atoms with Crippen molar-refractivity contribution in [2.45, 2.75) is 38.4 Å². The Balaban J connectivity index is 1.23. The molecular weight excluding hydrogens is 512 g/mol. The fourth-order valence-corrected chi connectivity index (χ4v) is 5.20. The number of imide groups is 1. The summed E-state index contributed by atoms with van der Waals surface area (Å²) in [6.45, 7) is 4.60. The number of para-hydroxylation sites is 1. The number of amides is 2. The lowest BCUT2D eigenvalue weighted by Crippen LogP contribution is -2.34. The van der Waals surface area contributed by atoms with Gasteiger partial charge in [0.15, 0.2) is 0 Å². The lowest BCUT2D eigenvalue weighted by atomic mass is 9.78. The number of rotatable bonds is 9. The van der Waals surface area contributed by atoms with E-state index in [1.54, 1.807) is 24.3 Å². The first-order valence-electron chi connectivity index (χ1n) is 13.7. The molecule has 0 saturated heterocycles. The van der Waals surface area contributed by atoms with Gasteiger partial charge in [-0.1, -0.05) is 92.7 Å². The van der Waals surface area contributed by atoms with Crippen molar-refractivity contribution in [2.24, 2.45) is 0 Å². The highest BCUT2D eigenvalue weighted by Gasteiger charge is 2.39. The average molecular weight is 543 g/mol. The summed E-state index contributed by atoms with van der Waals surface area (Å²) < 4.78 is 6.03. The van der Waals surface area contributed by atoms with Gasteiger partial charge in [-0.2, -0.15) is 0 Å². The Kier molecular flexibility index (Phi) is 7.08. The van der Waals surface area contributed by atoms with Crippen molar-refractivity contribution in [3.63, 3.8) is 0 Å². The third-order valence-electron chi connectivity index (χ3n) is 7.54. The molecule has 6 heteroatoms. The molecule has 1 atom stereocenters. The van der Waals surface area contributed by atoms with E-state index in [4.69, 9.17) is 9.57 Å². The minimum Gasteiger partial charge on any atom is -0.487 e. The molecule has 41 heavy (non-hydrogen) atoms. The Labute approximate surface area is 239 Å². The van der Waals surface area contributed by atoms with E-state index in [0.717, 1.165) is 32.8 Å². The third kappa shape index (κ3) is 5.47. The lowest BCUT2D eigenvalue weighted by molar-refractivity contribution is -0.141. The number of hydrogen-bond donors (Lipinski definition) is 0. The standard InChI is InChI=1S/C35H30N2O4/c1-35(2,26-11-4-3-5-12-26)22-32(41-37-33(38)29-13-7-8-14-30(29)34(37)39)25-17-20-28(21-18-25)40-23-27-19-16-24-10-6-9-15-31(24)36-27/h3-21,32H,22-23H2,1-2H3. The van der Waals surface area contributed by atoms with Crippen LogP contribution in [0.15, 0.2) is 115 Å². The third-order valence-corrected chi connectivity index (χ3v) is 7.54. The number of pyridine rings is 1. The fraction of sp³-hybridized carbons (Fsp3) is 0.171. The van der Waals surface area contributed by atoms with Crippen LogP contribution in [0.25, 0.3) is 10.9 Å². The molecule has 0 aliphatic carbocycles. The van der Waals surface area contributed by atoms with Gasteiger partial charge in [0.2, 0.25) is 0 Å². The number of hydroxylamine groups is 2. The number of aromatic nitrogens is 1. The Morgan fingerprint density at radius 1 is 0.732 bits per heavy atom. The molecule has 0 saturated carbocycles. The monoisotopic (exact) mass is 542 g/mol. The molecule has 1 aliphatic rings. The van der Waals surface area contributed by atoms with E-state index in [9.17, 15) is 9.59 Å². The Hall–Kier alpha value is -4.81. The molecule has 2 heterocycles. The predicted octanol–water partition coefficient (Wildman–Crippen LogP) is 7.45. The Morgan fingerprint density at radius 2 is 1.37 bits per heavy atom. The van der Waals surface area contributed by atoms with E-state index >= 15 is 0 Å². The molecule has 0 spiro atoms. The van der Waals surface area contributed by atoms with Gasteiger partial charge in [-0.25, -0.2) is 4.98 Å². The molecule has 1 unspecified atom stereocenters. The highest BCUT2D eigenvalue weighted by molar-refractivity contribution is 6.20. The van der Waals surface area contributed by atoms with E-state index < -0.39 is 17.9 Å². The highest BCUT2D eigenvalue weighted by Crippen LogP contribution is 2.38. The van der Waals surface area contributed by atoms with Gasteiger partial charge in [-0.05, 0) is 59.4 Å². The van der Waals surface area contributed by atoms with Crippen molar-refractivity contribution >= 4 is 22.7 Å². The van der Waals surface area contributed by atoms with Crippen molar-refractivity contribution in [3.05, 3.63) is 143 Å². The Bertz CT molecular complexity index is 1680. The molecule has 1 aliphatic heterocycles. The molecule has 0 bridgehead atoms. The first kappa shape index (κ1) is 26.4. The van der Waals surface area contributed by atoms with Gasteiger partial charge < -0.3 is 4.74 Å². The van der Waals surface area contributed by atoms with Crippen molar-refractivity contribution in [3.8, 4) is 5.75 Å². The number of carbonyl (C=O) groups is 2. The van der Waals surface area contributed by atoms with E-state index in [0.29, 0.717) is 29.9 Å². The molecule has 6 rings (SSSR count). The van der Waals surface area contributed by atoms with Gasteiger partial charge in [0.25, 0.3) is 11.8 Å². The topological polar surface area (TPSA) is 68.7 Å². The van der Waals surface area contributed by atoms with Crippen molar-refractivity contribution in [1.82, 2.24) is 10.0 Å². The van der Waals surface area contributed by atoms with Crippen LogP contribution in [-0.4, -0.2) is 21.9 Å². The van der Waals surface area contributed by atoms with Gasteiger partial charge >= 0.3 is 0 Å². The molecule has 5 aromatic rings. The summed E-state index contributed by atoms with van der Waals surface area (Å²) in [5.41, 5.74) is 4.14. The van der Waals surface area contributed by atoms with E-state index in [-0.39, 0.29) is 5.41 Å². The van der Waals surface area contributed by atoms with Gasteiger partial charge in [0, 0.05) is 5.39 Å². The van der Waals surface area contributed by atoms with Crippen LogP contribution in [0.3, 0.4) is 0 Å². The van der Waals surface area contributed by atoms with Crippen molar-refractivity contribution in [2.75, 3.05) is 0 Å². The second-order valence-electron chi connectivity index (χ2n) is 10.9. The van der Waals surface area contributed by atoms with Gasteiger partial charge in [-0.3, -0.25) is 14.4 Å². The van der Waals surface area contributed by atoms with E-state index in [1.165, 1.54) is 0 Å². The summed E-state index contributed by atoms with van der Waals surface area (Å²) in [6.07, 6.45) is -0.0327. The van der Waals surface area contributed by atoms with Crippen LogP contribution in [0.4, 0.5) is 0 Å². The van der Waals surface area contributed by atoms with Crippen LogP contribution >= 0.6 is 0 Å². The predicted molar refractivity (Wildman–Crippen MR) is 157 cm³/mol. The second-order valence-corrected chi connectivity index (χ2v) is 10.9. The lowest BCUT2D eigenvalue weighted by Gasteiger charge is -2.32. The minimum atomic E-state index is -0.566. The zero-order chi connectivity index (χ0) is 28.4. The van der Waals surface area contributed by atoms with Crippen LogP contribution in [0.5, 0.6) is 5.75 Å². The summed E-state index contributed by atoms with van der Waals surface area (Å²) in [5, 5.41) is 2.00. The molecular formula is C35H30N2O4. The Morgan fingerprint density at radius 3 is 2.07 bits per heavy atom. The smallest absolute Gasteiger partial charge is 0.285 e. The van der Waals surface area contributed by atoms with Crippen LogP contribution in [0, 0.1) is 0 Å². The van der Waals surface area contributed by atoms with Gasteiger partial charge in [-0.15, -0.1) is 5.06 Å². The molecule has 6 nitrogen and oxygen atoms in total. The normalized spacial score (nSPS) is 13.9. The SMILES string of the molecule is CC(C)(CC(ON1C(=O)c2ccccc2C1=O)c1ccc(OCc2ccc3ccccc3n2)cc1)c1ccccc1. The van der Waals surface area contributed by atoms with Crippen LogP contribution in [-0.2, 0) is 16.9 Å². The van der Waals surface area contributed by atoms with Crippen molar-refractivity contribution < 1.29 is 19.2 Å². The molecule has 0 radical (unpaired) electrons. The minimum absolute atomic E-state index is 0.304. The van der Waals surface area contributed by atoms with E-state index in [1.807, 2.05) is 78.9 Å². The fourth-order valence-electron chi connectivity index (χ4n) is 5.20. The molecule has 204 valence electrons. The highest BCUT2D eigenvalue weighted by atomic mass is 16.7. The number of benzene rings is 4. The summed E-state index contributed by atoms with van der Waals surface area (Å²) in [6, 6.07) is 36.6. The zero-order valence-corrected chi connectivity index (χ0v) is 23.0. The van der Waals surface area contributed by atoms with Crippen LogP contribution in [0.1, 0.15) is 63.9 Å². The largest absolute Gasteiger partial charge is 0.487 e. The average Bonchev–Trinajstić information content (AvgIpc) is 3.25. The van der Waals surface area contributed by atoms with Gasteiger partial charge in [0.05, 0.1) is 22.3 Å². The first-order chi connectivity index (χ1) is 19.9. The molecule has 1 aromatic heterocycles. The molecule has 4 aromatic carbocycles. The van der Waals surface area contributed by atoms with Gasteiger partial charge in [0.1, 0.15) is 18.5 Å². The van der Waals surface area contributed by atoms with E-state index in [2.05, 4.69) is 31.0 Å². The maximum atomic E-state index is 13.1. The molecule has 0 fully saturated rings. The second kappa shape index (κ2) is 11.0. The summed E-state index contributed by atoms with van der Waals surface area (Å²) in [7, 11) is 0. The van der Waals surface area contributed by atoms with Crippen LogP contribution < -0.4 is 4.74 Å². The number of fused-ring (bicyclic) bond motifs is 2. The summed E-state index contributed by atoms with van der Waals surface area (Å²) >= 11 is 0. The molecule has 2 amide bonds. The first-order valence-corrected chi connectivity index (χ1v) is 13.7. The summed E-state index contributed by atoms with van der Waals surface area (Å²) in [5.74, 6) is -0.211.